The van der Waals surface area contributed by atoms with Crippen molar-refractivity contribution in [2.24, 2.45) is 0 Å². The third kappa shape index (κ3) is 2.07. The summed E-state index contributed by atoms with van der Waals surface area (Å²) in [6.45, 7) is 0. The molecule has 1 aliphatic heterocycles. The summed E-state index contributed by atoms with van der Waals surface area (Å²) in [5.41, 5.74) is 6.58. The van der Waals surface area contributed by atoms with Crippen molar-refractivity contribution in [3.63, 3.8) is 0 Å². The fraction of sp³-hybridized carbons (Fsp3) is 0.100. The Morgan fingerprint density at radius 1 is 0.880 bits per heavy atom. The third-order valence-corrected chi connectivity index (χ3v) is 5.10. The van der Waals surface area contributed by atoms with Gasteiger partial charge in [-0.25, -0.2) is 4.68 Å². The molecule has 0 N–H and O–H groups in total. The standard InChI is InChI=1S/C20H15ClN4/c1-24-17-8-4-2-6-14(17)20(15-7-3-5-9-18(15)24)25-19-11-10-13(21)12-16(19)22-23-25/h2-12,20H,1H3. The molecule has 25 heavy (non-hydrogen) atoms. The van der Waals surface area contributed by atoms with Gasteiger partial charge in [-0.15, -0.1) is 5.10 Å². The molecule has 4 aromatic rings. The molecule has 0 saturated heterocycles. The van der Waals surface area contributed by atoms with Crippen molar-refractivity contribution < 1.29 is 0 Å². The lowest BCUT2D eigenvalue weighted by Crippen LogP contribution is -2.25. The summed E-state index contributed by atoms with van der Waals surface area (Å²) in [5, 5.41) is 9.48. The summed E-state index contributed by atoms with van der Waals surface area (Å²) >= 11 is 6.11. The van der Waals surface area contributed by atoms with Crippen molar-refractivity contribution in [1.29, 1.82) is 0 Å². The SMILES string of the molecule is CN1c2ccccc2C(n2nnc3cc(Cl)ccc32)c2ccccc21. The summed E-state index contributed by atoms with van der Waals surface area (Å²) in [5.74, 6) is 0. The Hall–Kier alpha value is -2.85. The molecule has 1 aliphatic rings. The fourth-order valence-corrected chi connectivity index (χ4v) is 3.88. The lowest BCUT2D eigenvalue weighted by atomic mass is 9.91. The highest BCUT2D eigenvalue weighted by atomic mass is 35.5. The molecule has 0 amide bonds. The third-order valence-electron chi connectivity index (χ3n) is 4.86. The van der Waals surface area contributed by atoms with Gasteiger partial charge in [0.25, 0.3) is 0 Å². The minimum absolute atomic E-state index is 0.0187. The van der Waals surface area contributed by atoms with Crippen LogP contribution in [0.4, 0.5) is 11.4 Å². The van der Waals surface area contributed by atoms with E-state index < -0.39 is 0 Å². The van der Waals surface area contributed by atoms with Gasteiger partial charge in [0.2, 0.25) is 0 Å². The molecule has 3 aromatic carbocycles. The van der Waals surface area contributed by atoms with E-state index >= 15 is 0 Å². The highest BCUT2D eigenvalue weighted by molar-refractivity contribution is 6.31. The number of hydrogen-bond acceptors (Lipinski definition) is 3. The molecule has 0 saturated carbocycles. The maximum atomic E-state index is 6.11. The second kappa shape index (κ2) is 5.33. The lowest BCUT2D eigenvalue weighted by molar-refractivity contribution is 0.583. The van der Waals surface area contributed by atoms with E-state index in [1.165, 1.54) is 22.5 Å². The molecule has 0 aliphatic carbocycles. The second-order valence-corrected chi connectivity index (χ2v) is 6.68. The quantitative estimate of drug-likeness (QED) is 0.496. The maximum absolute atomic E-state index is 6.11. The average molecular weight is 347 g/mol. The zero-order valence-corrected chi connectivity index (χ0v) is 14.4. The molecular weight excluding hydrogens is 332 g/mol. The summed E-state index contributed by atoms with van der Waals surface area (Å²) in [6, 6.07) is 22.6. The van der Waals surface area contributed by atoms with Gasteiger partial charge in [0.05, 0.1) is 5.52 Å². The fourth-order valence-electron chi connectivity index (χ4n) is 3.71. The van der Waals surface area contributed by atoms with Gasteiger partial charge in [0.1, 0.15) is 11.6 Å². The van der Waals surface area contributed by atoms with Crippen LogP contribution < -0.4 is 4.90 Å². The molecule has 0 bridgehead atoms. The number of nitrogens with zero attached hydrogens (tertiary/aromatic N) is 4. The van der Waals surface area contributed by atoms with Crippen molar-refractivity contribution in [2.75, 3.05) is 11.9 Å². The van der Waals surface area contributed by atoms with Crippen molar-refractivity contribution in [3.8, 4) is 0 Å². The minimum atomic E-state index is -0.0187. The number of aromatic nitrogens is 3. The number of rotatable bonds is 1. The molecular formula is C20H15ClN4. The predicted octanol–water partition coefficient (Wildman–Crippen LogP) is 4.80. The zero-order chi connectivity index (χ0) is 17.0. The molecule has 0 radical (unpaired) electrons. The van der Waals surface area contributed by atoms with Crippen LogP contribution in [0.1, 0.15) is 17.2 Å². The Labute approximate surface area is 150 Å². The van der Waals surface area contributed by atoms with Crippen LogP contribution in [0.25, 0.3) is 11.0 Å². The lowest BCUT2D eigenvalue weighted by Gasteiger charge is -2.35. The first-order chi connectivity index (χ1) is 12.2. The summed E-state index contributed by atoms with van der Waals surface area (Å²) in [6.07, 6.45) is 0. The summed E-state index contributed by atoms with van der Waals surface area (Å²) in [4.78, 5) is 2.23. The van der Waals surface area contributed by atoms with E-state index in [4.69, 9.17) is 11.6 Å². The van der Waals surface area contributed by atoms with Gasteiger partial charge < -0.3 is 4.90 Å². The molecule has 122 valence electrons. The van der Waals surface area contributed by atoms with Crippen LogP contribution in [-0.4, -0.2) is 22.0 Å². The van der Waals surface area contributed by atoms with Crippen molar-refractivity contribution in [2.45, 2.75) is 6.04 Å². The molecule has 0 atom stereocenters. The van der Waals surface area contributed by atoms with Crippen LogP contribution in [-0.2, 0) is 0 Å². The van der Waals surface area contributed by atoms with Gasteiger partial charge >= 0.3 is 0 Å². The summed E-state index contributed by atoms with van der Waals surface area (Å²) in [7, 11) is 2.10. The first kappa shape index (κ1) is 14.5. The highest BCUT2D eigenvalue weighted by Crippen LogP contribution is 2.45. The number of halogens is 1. The normalized spacial score (nSPS) is 13.8. The number of para-hydroxylation sites is 2. The molecule has 0 fully saturated rings. The van der Waals surface area contributed by atoms with Crippen LogP contribution in [0.3, 0.4) is 0 Å². The zero-order valence-electron chi connectivity index (χ0n) is 13.6. The van der Waals surface area contributed by atoms with Gasteiger partial charge in [-0.2, -0.15) is 0 Å². The largest absolute Gasteiger partial charge is 0.344 e. The summed E-state index contributed by atoms with van der Waals surface area (Å²) < 4.78 is 2.00. The van der Waals surface area contributed by atoms with Crippen LogP contribution in [0.15, 0.2) is 66.7 Å². The molecule has 2 heterocycles. The Bertz CT molecular complexity index is 1050. The van der Waals surface area contributed by atoms with Gasteiger partial charge in [0, 0.05) is 34.6 Å². The highest BCUT2D eigenvalue weighted by Gasteiger charge is 2.31. The Morgan fingerprint density at radius 2 is 1.52 bits per heavy atom. The van der Waals surface area contributed by atoms with Crippen molar-refractivity contribution in [3.05, 3.63) is 82.9 Å². The molecule has 0 spiro atoms. The van der Waals surface area contributed by atoms with E-state index in [-0.39, 0.29) is 6.04 Å². The maximum Gasteiger partial charge on any atom is 0.114 e. The molecule has 4 nitrogen and oxygen atoms in total. The minimum Gasteiger partial charge on any atom is -0.344 e. The Morgan fingerprint density at radius 3 is 2.20 bits per heavy atom. The van der Waals surface area contributed by atoms with Crippen molar-refractivity contribution in [1.82, 2.24) is 15.0 Å². The van der Waals surface area contributed by atoms with Gasteiger partial charge in [-0.3, -0.25) is 0 Å². The van der Waals surface area contributed by atoms with E-state index in [0.717, 1.165) is 11.0 Å². The van der Waals surface area contributed by atoms with E-state index in [0.29, 0.717) is 5.02 Å². The van der Waals surface area contributed by atoms with Crippen LogP contribution in [0.5, 0.6) is 0 Å². The predicted molar refractivity (Wildman–Crippen MR) is 101 cm³/mol. The van der Waals surface area contributed by atoms with Gasteiger partial charge in [-0.1, -0.05) is 53.2 Å². The van der Waals surface area contributed by atoms with Crippen LogP contribution in [0, 0.1) is 0 Å². The second-order valence-electron chi connectivity index (χ2n) is 6.25. The topological polar surface area (TPSA) is 34.0 Å². The molecule has 5 heteroatoms. The molecule has 5 rings (SSSR count). The Kier molecular flexibility index (Phi) is 3.09. The van der Waals surface area contributed by atoms with Gasteiger partial charge in [-0.05, 0) is 30.3 Å². The van der Waals surface area contributed by atoms with Crippen LogP contribution >= 0.6 is 11.6 Å². The van der Waals surface area contributed by atoms with Gasteiger partial charge in [0.15, 0.2) is 0 Å². The Balaban J connectivity index is 1.82. The number of fused-ring (bicyclic) bond motifs is 3. The molecule has 0 unspecified atom stereocenters. The number of anilines is 2. The smallest absolute Gasteiger partial charge is 0.114 e. The van der Waals surface area contributed by atoms with E-state index in [1.807, 2.05) is 22.9 Å². The first-order valence-electron chi connectivity index (χ1n) is 8.16. The van der Waals surface area contributed by atoms with E-state index in [1.54, 1.807) is 0 Å². The first-order valence-corrected chi connectivity index (χ1v) is 8.54. The van der Waals surface area contributed by atoms with E-state index in [2.05, 4.69) is 70.8 Å². The average Bonchev–Trinajstić information content (AvgIpc) is 3.05. The van der Waals surface area contributed by atoms with Crippen molar-refractivity contribution >= 4 is 34.0 Å². The number of benzene rings is 3. The monoisotopic (exact) mass is 346 g/mol. The van der Waals surface area contributed by atoms with Crippen LogP contribution in [0.2, 0.25) is 5.02 Å². The molecule has 1 aromatic heterocycles. The number of hydrogen-bond donors (Lipinski definition) is 0. The van der Waals surface area contributed by atoms with E-state index in [9.17, 15) is 0 Å².